The van der Waals surface area contributed by atoms with E-state index in [-0.39, 0.29) is 18.4 Å². The fourth-order valence-corrected chi connectivity index (χ4v) is 10.7. The van der Waals surface area contributed by atoms with Gasteiger partial charge in [0.05, 0.1) is 31.3 Å². The number of esters is 1. The second kappa shape index (κ2) is 15.3. The van der Waals surface area contributed by atoms with Crippen molar-refractivity contribution in [1.29, 1.82) is 0 Å². The van der Waals surface area contributed by atoms with Gasteiger partial charge in [-0.3, -0.25) is 10.1 Å². The predicted molar refractivity (Wildman–Crippen MR) is 189 cm³/mol. The molecule has 4 aromatic rings. The van der Waals surface area contributed by atoms with Crippen LogP contribution in [0.1, 0.15) is 25.0 Å². The van der Waals surface area contributed by atoms with Gasteiger partial charge in [0.1, 0.15) is 12.0 Å². The Bertz CT molecular complexity index is 1690. The van der Waals surface area contributed by atoms with Gasteiger partial charge in [-0.15, -0.1) is 0 Å². The summed E-state index contributed by atoms with van der Waals surface area (Å²) in [5.41, 5.74) is 1.16. The third-order valence-corrected chi connectivity index (χ3v) is 12.7. The van der Waals surface area contributed by atoms with Gasteiger partial charge in [-0.2, -0.15) is 0 Å². The molecule has 9 nitrogen and oxygen atoms in total. The zero-order valence-electron chi connectivity index (χ0n) is 26.8. The van der Waals surface area contributed by atoms with E-state index in [1.165, 1.54) is 25.0 Å². The van der Waals surface area contributed by atoms with Gasteiger partial charge in [-0.25, -0.2) is 9.59 Å². The molecule has 0 bridgehead atoms. The number of likely N-dealkylation sites (tertiary alicyclic amines) is 1. The topological polar surface area (TPSA) is 125 Å². The summed E-state index contributed by atoms with van der Waals surface area (Å²) in [6.45, 7) is 2.02. The Labute approximate surface area is 280 Å². The van der Waals surface area contributed by atoms with Crippen LogP contribution in [0.5, 0.6) is 0 Å². The molecule has 0 saturated carbocycles. The van der Waals surface area contributed by atoms with Crippen molar-refractivity contribution < 1.29 is 34.1 Å². The van der Waals surface area contributed by atoms with Crippen LogP contribution in [0.4, 0.5) is 10.5 Å². The highest BCUT2D eigenvalue weighted by atomic mass is 31.2. The van der Waals surface area contributed by atoms with Gasteiger partial charge in [0.2, 0.25) is 5.91 Å². The molecule has 1 saturated heterocycles. The van der Waals surface area contributed by atoms with E-state index in [0.717, 1.165) is 15.9 Å². The van der Waals surface area contributed by atoms with E-state index in [4.69, 9.17) is 4.74 Å². The highest BCUT2D eigenvalue weighted by Crippen LogP contribution is 2.50. The van der Waals surface area contributed by atoms with Crippen LogP contribution in [0.15, 0.2) is 128 Å². The fourth-order valence-electron chi connectivity index (χ4n) is 6.30. The highest BCUT2D eigenvalue weighted by molar-refractivity contribution is 7.96. The number of aliphatic hydroxyl groups is 2. The third-order valence-electron chi connectivity index (χ3n) is 8.47. The van der Waals surface area contributed by atoms with Crippen LogP contribution in [0.3, 0.4) is 0 Å². The number of methoxy groups -OCH3 is 1. The van der Waals surface area contributed by atoms with E-state index in [0.29, 0.717) is 11.3 Å². The molecule has 5 rings (SSSR count). The molecule has 0 aliphatic carbocycles. The van der Waals surface area contributed by atoms with E-state index in [1.807, 2.05) is 91.0 Å². The Hall–Kier alpha value is -4.95. The molecular formula is C38H39N2O7P. The van der Waals surface area contributed by atoms with Crippen molar-refractivity contribution in [1.82, 2.24) is 4.90 Å². The van der Waals surface area contributed by atoms with Crippen LogP contribution in [-0.4, -0.2) is 64.4 Å². The van der Waals surface area contributed by atoms with Crippen LogP contribution in [0, 0.1) is 5.92 Å². The van der Waals surface area contributed by atoms with E-state index in [2.05, 4.69) is 16.6 Å². The lowest BCUT2D eigenvalue weighted by Crippen LogP contribution is -2.68. The standard InChI is InChI=1S/C38H39N2O7P/c1-4-24-47-37(44)36(48(29-14-8-5-9-15-29,30-16-10-6-11-17-30)31-18-12-7-13-19-31)40-32(34(26(2)41)35(40)43)25-33(42)27-20-22-28(23-21-27)39-38(45)46-3/h4-23,26,32-34,41-42H,1,24-25H2,2-3H3,(H,39,45)/t26-,32-,33?,34-/m1/s1. The third kappa shape index (κ3) is 6.71. The molecule has 2 amide bonds. The number of carbonyl (C=O) groups is 3. The first kappa shape index (κ1) is 34.4. The number of ether oxygens (including phenoxy) is 2. The first-order valence-corrected chi connectivity index (χ1v) is 17.4. The van der Waals surface area contributed by atoms with Gasteiger partial charge in [0.15, 0.2) is 0 Å². The van der Waals surface area contributed by atoms with E-state index in [1.54, 1.807) is 24.3 Å². The number of benzene rings is 4. The van der Waals surface area contributed by atoms with Gasteiger partial charge in [-0.1, -0.05) is 116 Å². The lowest BCUT2D eigenvalue weighted by atomic mass is 9.79. The highest BCUT2D eigenvalue weighted by Gasteiger charge is 2.55. The molecule has 4 atom stereocenters. The Morgan fingerprint density at radius 3 is 1.81 bits per heavy atom. The van der Waals surface area contributed by atoms with E-state index < -0.39 is 49.0 Å². The van der Waals surface area contributed by atoms with Crippen molar-refractivity contribution in [3.8, 4) is 0 Å². The average Bonchev–Trinajstić information content (AvgIpc) is 3.11. The summed E-state index contributed by atoms with van der Waals surface area (Å²) in [7, 11) is 1.26. The maximum absolute atomic E-state index is 14.5. The van der Waals surface area contributed by atoms with Gasteiger partial charge in [0, 0.05) is 12.6 Å². The molecule has 0 aromatic heterocycles. The molecular weight excluding hydrogens is 627 g/mol. The monoisotopic (exact) mass is 666 g/mol. The number of carbonyl (C=O) groups excluding carboxylic acids is 3. The Morgan fingerprint density at radius 1 is 0.875 bits per heavy atom. The predicted octanol–water partition coefficient (Wildman–Crippen LogP) is 4.35. The number of rotatable bonds is 12. The second-order valence-electron chi connectivity index (χ2n) is 11.4. The molecule has 1 unspecified atom stereocenters. The summed E-state index contributed by atoms with van der Waals surface area (Å²) in [5.74, 6) is -2.00. The number of nitrogens with one attached hydrogen (secondary N) is 1. The molecule has 1 aliphatic rings. The number of nitrogens with zero attached hydrogens (tertiary/aromatic N) is 1. The van der Waals surface area contributed by atoms with Crippen LogP contribution in [0.25, 0.3) is 0 Å². The summed E-state index contributed by atoms with van der Waals surface area (Å²) >= 11 is 0. The maximum Gasteiger partial charge on any atom is 0.411 e. The molecule has 1 aliphatic heterocycles. The van der Waals surface area contributed by atoms with Crippen molar-refractivity contribution in [2.45, 2.75) is 31.6 Å². The average molecular weight is 667 g/mol. The molecule has 48 heavy (non-hydrogen) atoms. The van der Waals surface area contributed by atoms with Gasteiger partial charge in [0.25, 0.3) is 0 Å². The summed E-state index contributed by atoms with van der Waals surface area (Å²) in [4.78, 5) is 41.9. The van der Waals surface area contributed by atoms with Crippen molar-refractivity contribution in [2.24, 2.45) is 5.92 Å². The quantitative estimate of drug-likeness (QED) is 0.0889. The number of aliphatic hydroxyl groups excluding tert-OH is 2. The molecule has 0 spiro atoms. The van der Waals surface area contributed by atoms with Crippen LogP contribution in [0.2, 0.25) is 0 Å². The van der Waals surface area contributed by atoms with Gasteiger partial charge < -0.3 is 24.6 Å². The molecule has 4 aromatic carbocycles. The second-order valence-corrected chi connectivity index (χ2v) is 14.7. The molecule has 3 N–H and O–H groups in total. The normalized spacial score (nSPS) is 17.0. The van der Waals surface area contributed by atoms with E-state index in [9.17, 15) is 24.6 Å². The molecule has 248 valence electrons. The van der Waals surface area contributed by atoms with Gasteiger partial charge in [-0.05, 0) is 47.0 Å². The lowest BCUT2D eigenvalue weighted by Gasteiger charge is -2.51. The minimum absolute atomic E-state index is 0.0156. The Kier molecular flexibility index (Phi) is 11.0. The number of amides is 2. The minimum atomic E-state index is -3.15. The smallest absolute Gasteiger partial charge is 0.411 e. The SMILES string of the molecule is C=CCOC(=O)C(N1C(=O)[C@H]([C@@H](C)O)[C@H]1CC(O)c1ccc(NC(=O)OC)cc1)=P(c1ccccc1)(c1ccccc1)c1ccccc1. The number of hydrogen-bond acceptors (Lipinski definition) is 7. The largest absolute Gasteiger partial charge is 0.457 e. The van der Waals surface area contributed by atoms with Gasteiger partial charge >= 0.3 is 12.1 Å². The molecule has 10 heteroatoms. The van der Waals surface area contributed by atoms with Crippen LogP contribution in [-0.2, 0) is 19.1 Å². The summed E-state index contributed by atoms with van der Waals surface area (Å²) in [5, 5.41) is 27.5. The zero-order valence-corrected chi connectivity index (χ0v) is 27.7. The fraction of sp³-hybridized carbons (Fsp3) is 0.211. The minimum Gasteiger partial charge on any atom is -0.457 e. The number of hydrogen-bond donors (Lipinski definition) is 3. The van der Waals surface area contributed by atoms with Crippen molar-refractivity contribution in [2.75, 3.05) is 19.0 Å². The van der Waals surface area contributed by atoms with Crippen LogP contribution < -0.4 is 21.2 Å². The zero-order chi connectivity index (χ0) is 34.3. The Morgan fingerprint density at radius 2 is 1.38 bits per heavy atom. The first-order chi connectivity index (χ1) is 23.2. The van der Waals surface area contributed by atoms with E-state index >= 15 is 0 Å². The van der Waals surface area contributed by atoms with Crippen molar-refractivity contribution in [3.05, 3.63) is 133 Å². The molecule has 0 radical (unpaired) electrons. The molecule has 1 fully saturated rings. The number of anilines is 1. The summed E-state index contributed by atoms with van der Waals surface area (Å²) in [6, 6.07) is 34.7. The van der Waals surface area contributed by atoms with Crippen LogP contribution >= 0.6 is 6.89 Å². The van der Waals surface area contributed by atoms with Crippen molar-refractivity contribution >= 4 is 51.9 Å². The first-order valence-electron chi connectivity index (χ1n) is 15.6. The Balaban J connectivity index is 1.75. The summed E-state index contributed by atoms with van der Waals surface area (Å²) < 4.78 is 10.4. The number of β-lactam (4-membered cyclic amide) rings is 1. The lowest BCUT2D eigenvalue weighted by molar-refractivity contribution is -0.159. The maximum atomic E-state index is 14.5. The summed E-state index contributed by atoms with van der Waals surface area (Å²) in [6.07, 6.45) is -1.27. The van der Waals surface area contributed by atoms with Crippen molar-refractivity contribution in [3.63, 3.8) is 0 Å². The molecule has 1 heterocycles.